The Morgan fingerprint density at radius 2 is 2.00 bits per heavy atom. The Morgan fingerprint density at radius 1 is 1.25 bits per heavy atom. The van der Waals surface area contributed by atoms with Crippen molar-refractivity contribution in [3.63, 3.8) is 0 Å². The number of pyridine rings is 1. The summed E-state index contributed by atoms with van der Waals surface area (Å²) in [6.07, 6.45) is 4.35. The molecule has 5 rings (SSSR count). The molecule has 0 bridgehead atoms. The smallest absolute Gasteiger partial charge is 0.277 e. The number of aryl methyl sites for hydroxylation is 1. The minimum absolute atomic E-state index is 0.128. The van der Waals surface area contributed by atoms with E-state index in [0.29, 0.717) is 41.5 Å². The molecule has 3 N–H and O–H groups in total. The monoisotopic (exact) mass is 507 g/mol. The lowest BCUT2D eigenvalue weighted by Crippen LogP contribution is -2.22. The number of aromatic nitrogens is 3. The number of nitrogens with one attached hydrogen (secondary N) is 2. The lowest BCUT2D eigenvalue weighted by Gasteiger charge is -2.22. The number of hydrogen-bond donors (Lipinski definition) is 3. The number of benzene rings is 1. The molecule has 0 unspecified atom stereocenters. The molecule has 0 spiro atoms. The fourth-order valence-corrected chi connectivity index (χ4v) is 6.06. The Kier molecular flexibility index (Phi) is 5.96. The summed E-state index contributed by atoms with van der Waals surface area (Å²) in [5.41, 5.74) is 3.28. The highest BCUT2D eigenvalue weighted by molar-refractivity contribution is 7.92. The first kappa shape index (κ1) is 24.2. The van der Waals surface area contributed by atoms with Crippen LogP contribution in [0.4, 0.5) is 5.69 Å². The number of carbonyl (C=O) groups excluding carboxylic acids is 1. The molecule has 0 saturated carbocycles. The van der Waals surface area contributed by atoms with Gasteiger partial charge in [-0.1, -0.05) is 17.7 Å². The van der Waals surface area contributed by atoms with Crippen LogP contribution in [0.15, 0.2) is 53.3 Å². The van der Waals surface area contributed by atoms with Gasteiger partial charge in [0.05, 0.1) is 22.5 Å². The van der Waals surface area contributed by atoms with Crippen LogP contribution in [0.1, 0.15) is 59.9 Å². The van der Waals surface area contributed by atoms with Gasteiger partial charge >= 0.3 is 0 Å². The molecular formula is C26H29N5O4S. The van der Waals surface area contributed by atoms with Crippen molar-refractivity contribution in [3.05, 3.63) is 71.4 Å². The van der Waals surface area contributed by atoms with E-state index in [9.17, 15) is 14.1 Å². The molecule has 3 aromatic heterocycles. The Hall–Kier alpha value is -3.50. The molecule has 1 saturated heterocycles. The van der Waals surface area contributed by atoms with Crippen molar-refractivity contribution in [1.82, 2.24) is 14.6 Å². The SMILES string of the molecule is Cc1cccc(-c2nc(C(=O)Nc3cc4cc(C5CCS(=N)(=O)CC5)nn4cc3C(C)(C)O)co2)c1. The Balaban J connectivity index is 1.44. The first-order valence-corrected chi connectivity index (χ1v) is 13.7. The zero-order valence-corrected chi connectivity index (χ0v) is 21.3. The predicted molar refractivity (Wildman–Crippen MR) is 138 cm³/mol. The standard InChI is InChI=1S/C26H29N5O4S/c1-16-5-4-6-18(11-16)25-29-23(15-35-25)24(32)28-22-13-19-12-21(17-7-9-36(27,34)10-8-17)30-31(19)14-20(22)26(2,3)33/h4-6,11-15,17,27,33H,7-10H2,1-3H3,(H,28,32). The summed E-state index contributed by atoms with van der Waals surface area (Å²) in [7, 11) is -2.47. The van der Waals surface area contributed by atoms with Gasteiger partial charge < -0.3 is 14.8 Å². The van der Waals surface area contributed by atoms with Gasteiger partial charge in [0.2, 0.25) is 5.89 Å². The van der Waals surface area contributed by atoms with Crippen molar-refractivity contribution >= 4 is 26.8 Å². The molecule has 188 valence electrons. The van der Waals surface area contributed by atoms with Crippen LogP contribution in [-0.2, 0) is 15.3 Å². The van der Waals surface area contributed by atoms with Gasteiger partial charge in [-0.15, -0.1) is 0 Å². The van der Waals surface area contributed by atoms with Crippen LogP contribution >= 0.6 is 0 Å². The van der Waals surface area contributed by atoms with Gasteiger partial charge in [0.1, 0.15) is 6.26 Å². The summed E-state index contributed by atoms with van der Waals surface area (Å²) in [4.78, 5) is 17.4. The lowest BCUT2D eigenvalue weighted by molar-refractivity contribution is 0.0787. The minimum Gasteiger partial charge on any atom is -0.444 e. The number of oxazole rings is 1. The predicted octanol–water partition coefficient (Wildman–Crippen LogP) is 4.70. The van der Waals surface area contributed by atoms with Crippen molar-refractivity contribution < 1.29 is 18.5 Å². The van der Waals surface area contributed by atoms with E-state index < -0.39 is 21.2 Å². The van der Waals surface area contributed by atoms with Crippen LogP contribution in [0, 0.1) is 11.7 Å². The highest BCUT2D eigenvalue weighted by atomic mass is 32.2. The topological polar surface area (TPSA) is 134 Å². The van der Waals surface area contributed by atoms with Crippen LogP contribution in [0.25, 0.3) is 17.0 Å². The molecule has 10 heteroatoms. The van der Waals surface area contributed by atoms with Crippen LogP contribution in [-0.4, -0.2) is 41.3 Å². The van der Waals surface area contributed by atoms with E-state index in [2.05, 4.69) is 10.3 Å². The zero-order chi connectivity index (χ0) is 25.7. The summed E-state index contributed by atoms with van der Waals surface area (Å²) in [5.74, 6) is 0.786. The number of carbonyl (C=O) groups is 1. The van der Waals surface area contributed by atoms with Gasteiger partial charge in [-0.25, -0.2) is 13.7 Å². The molecule has 0 atom stereocenters. The van der Waals surface area contributed by atoms with Gasteiger partial charge in [-0.05, 0) is 57.9 Å². The molecule has 0 aliphatic carbocycles. The van der Waals surface area contributed by atoms with Crippen LogP contribution in [0.5, 0.6) is 0 Å². The summed E-state index contributed by atoms with van der Waals surface area (Å²) in [5, 5.41) is 18.4. The summed E-state index contributed by atoms with van der Waals surface area (Å²) < 4.78 is 27.1. The lowest BCUT2D eigenvalue weighted by atomic mass is 9.97. The molecular weight excluding hydrogens is 478 g/mol. The normalized spacial score (nSPS) is 20.5. The fourth-order valence-electron chi connectivity index (χ4n) is 4.53. The molecule has 4 aromatic rings. The quantitative estimate of drug-likeness (QED) is 0.358. The van der Waals surface area contributed by atoms with Gasteiger partial charge in [-0.2, -0.15) is 5.10 Å². The average Bonchev–Trinajstić information content (AvgIpc) is 3.45. The van der Waals surface area contributed by atoms with E-state index >= 15 is 0 Å². The highest BCUT2D eigenvalue weighted by Crippen LogP contribution is 2.33. The van der Waals surface area contributed by atoms with Gasteiger partial charge in [0, 0.05) is 44.5 Å². The van der Waals surface area contributed by atoms with E-state index in [1.54, 1.807) is 30.6 Å². The maximum Gasteiger partial charge on any atom is 0.277 e. The van der Waals surface area contributed by atoms with E-state index in [0.717, 1.165) is 22.3 Å². The van der Waals surface area contributed by atoms with Crippen LogP contribution < -0.4 is 5.32 Å². The van der Waals surface area contributed by atoms with Crippen molar-refractivity contribution in [2.75, 3.05) is 16.8 Å². The first-order chi connectivity index (χ1) is 17.0. The zero-order valence-electron chi connectivity index (χ0n) is 20.4. The molecule has 0 radical (unpaired) electrons. The minimum atomic E-state index is -2.47. The third kappa shape index (κ3) is 4.91. The van der Waals surface area contributed by atoms with E-state index in [1.165, 1.54) is 6.26 Å². The molecule has 1 aliphatic rings. The summed E-state index contributed by atoms with van der Waals surface area (Å²) >= 11 is 0. The summed E-state index contributed by atoms with van der Waals surface area (Å²) in [6.45, 7) is 5.26. The van der Waals surface area contributed by atoms with Gasteiger partial charge in [-0.3, -0.25) is 9.57 Å². The number of amides is 1. The van der Waals surface area contributed by atoms with Crippen molar-refractivity contribution in [3.8, 4) is 11.5 Å². The third-order valence-electron chi connectivity index (χ3n) is 6.54. The van der Waals surface area contributed by atoms with E-state index in [4.69, 9.17) is 14.3 Å². The Labute approximate surface area is 209 Å². The molecule has 1 fully saturated rings. The largest absolute Gasteiger partial charge is 0.444 e. The number of nitrogens with zero attached hydrogens (tertiary/aromatic N) is 3. The third-order valence-corrected chi connectivity index (χ3v) is 8.33. The maximum absolute atomic E-state index is 13.1. The Morgan fingerprint density at radius 3 is 2.69 bits per heavy atom. The number of rotatable bonds is 5. The van der Waals surface area contributed by atoms with Gasteiger partial charge in [0.25, 0.3) is 5.91 Å². The second kappa shape index (κ2) is 8.86. The second-order valence-electron chi connectivity index (χ2n) is 9.95. The molecule has 1 aromatic carbocycles. The van der Waals surface area contributed by atoms with Crippen LogP contribution in [0.3, 0.4) is 0 Å². The number of anilines is 1. The molecule has 1 amide bonds. The van der Waals surface area contributed by atoms with Gasteiger partial charge in [0.15, 0.2) is 5.69 Å². The molecule has 1 aliphatic heterocycles. The van der Waals surface area contributed by atoms with E-state index in [1.807, 2.05) is 37.3 Å². The molecule has 4 heterocycles. The molecule has 9 nitrogen and oxygen atoms in total. The highest BCUT2D eigenvalue weighted by Gasteiger charge is 2.27. The van der Waals surface area contributed by atoms with E-state index in [-0.39, 0.29) is 11.6 Å². The average molecular weight is 508 g/mol. The summed E-state index contributed by atoms with van der Waals surface area (Å²) in [6, 6.07) is 11.4. The van der Waals surface area contributed by atoms with Crippen molar-refractivity contribution in [2.45, 2.75) is 45.1 Å². The van der Waals surface area contributed by atoms with Crippen LogP contribution in [0.2, 0.25) is 0 Å². The number of hydrogen-bond acceptors (Lipinski definition) is 7. The van der Waals surface area contributed by atoms with Crippen molar-refractivity contribution in [1.29, 1.82) is 4.78 Å². The fraction of sp³-hybridized carbons (Fsp3) is 0.346. The number of aliphatic hydroxyl groups is 1. The first-order valence-electron chi connectivity index (χ1n) is 11.8. The second-order valence-corrected chi connectivity index (χ2v) is 12.4. The molecule has 36 heavy (non-hydrogen) atoms. The Bertz CT molecular complexity index is 1550. The van der Waals surface area contributed by atoms with Crippen molar-refractivity contribution in [2.24, 2.45) is 0 Å². The maximum atomic E-state index is 13.1. The number of fused-ring (bicyclic) bond motifs is 1.